The number of rotatable bonds is 6. The van der Waals surface area contributed by atoms with Crippen LogP contribution < -0.4 is 9.64 Å². The van der Waals surface area contributed by atoms with Crippen LogP contribution in [0.3, 0.4) is 0 Å². The predicted octanol–water partition coefficient (Wildman–Crippen LogP) is 3.77. The molecule has 0 fully saturated rings. The molecule has 0 atom stereocenters. The second kappa shape index (κ2) is 6.93. The normalized spacial score (nSPS) is 10.2. The molecule has 2 aromatic rings. The molecule has 0 unspecified atom stereocenters. The molecular formula is C18H21NO2. The Labute approximate surface area is 126 Å². The molecule has 3 nitrogen and oxygen atoms in total. The van der Waals surface area contributed by atoms with Gasteiger partial charge in [-0.2, -0.15) is 0 Å². The zero-order chi connectivity index (χ0) is 15.2. The molecule has 2 aromatic carbocycles. The molecule has 3 heteroatoms. The highest BCUT2D eigenvalue weighted by Crippen LogP contribution is 2.19. The minimum absolute atomic E-state index is 0.0285. The molecule has 2 rings (SSSR count). The van der Waals surface area contributed by atoms with Crippen molar-refractivity contribution in [2.45, 2.75) is 13.3 Å². The summed E-state index contributed by atoms with van der Waals surface area (Å²) in [5, 5.41) is 0. The van der Waals surface area contributed by atoms with Gasteiger partial charge in [0.05, 0.1) is 6.61 Å². The van der Waals surface area contributed by atoms with E-state index < -0.39 is 0 Å². The van der Waals surface area contributed by atoms with Crippen molar-refractivity contribution >= 4 is 11.5 Å². The van der Waals surface area contributed by atoms with Crippen LogP contribution in [0.1, 0.15) is 29.3 Å². The summed E-state index contributed by atoms with van der Waals surface area (Å²) in [6.45, 7) is 2.76. The molecule has 0 radical (unpaired) electrons. The molecule has 0 saturated heterocycles. The highest BCUT2D eigenvalue weighted by Gasteiger charge is 2.10. The van der Waals surface area contributed by atoms with Crippen molar-refractivity contribution in [3.8, 4) is 5.75 Å². The van der Waals surface area contributed by atoms with Gasteiger partial charge in [0.1, 0.15) is 5.75 Å². The van der Waals surface area contributed by atoms with Crippen molar-refractivity contribution in [3.05, 3.63) is 59.7 Å². The number of ketones is 1. The average molecular weight is 283 g/mol. The summed E-state index contributed by atoms with van der Waals surface area (Å²) in [5.41, 5.74) is 2.39. The lowest BCUT2D eigenvalue weighted by Gasteiger charge is -2.13. The van der Waals surface area contributed by atoms with Crippen molar-refractivity contribution in [2.75, 3.05) is 25.6 Å². The third-order valence-electron chi connectivity index (χ3n) is 3.21. The maximum Gasteiger partial charge on any atom is 0.193 e. The average Bonchev–Trinajstić information content (AvgIpc) is 2.53. The van der Waals surface area contributed by atoms with Crippen molar-refractivity contribution in [2.24, 2.45) is 0 Å². The molecule has 0 bridgehead atoms. The number of hydrogen-bond donors (Lipinski definition) is 0. The SMILES string of the molecule is CCCOc1ccc(C(=O)c2cccc(N(C)C)c2)cc1. The smallest absolute Gasteiger partial charge is 0.193 e. The predicted molar refractivity (Wildman–Crippen MR) is 86.4 cm³/mol. The van der Waals surface area contributed by atoms with Gasteiger partial charge in [-0.3, -0.25) is 4.79 Å². The van der Waals surface area contributed by atoms with Crippen LogP contribution in [0.15, 0.2) is 48.5 Å². The zero-order valence-corrected chi connectivity index (χ0v) is 12.8. The summed E-state index contributed by atoms with van der Waals surface area (Å²) < 4.78 is 5.53. The Bertz CT molecular complexity index is 603. The van der Waals surface area contributed by atoms with Crippen LogP contribution in [0.5, 0.6) is 5.75 Å². The molecule has 0 N–H and O–H groups in total. The molecule has 0 aromatic heterocycles. The molecule has 0 aliphatic heterocycles. The van der Waals surface area contributed by atoms with Gasteiger partial charge < -0.3 is 9.64 Å². The Hall–Kier alpha value is -2.29. The Morgan fingerprint density at radius 1 is 1.05 bits per heavy atom. The fourth-order valence-electron chi connectivity index (χ4n) is 2.01. The molecule has 0 heterocycles. The van der Waals surface area contributed by atoms with E-state index in [9.17, 15) is 4.79 Å². The summed E-state index contributed by atoms with van der Waals surface area (Å²) in [5.74, 6) is 0.830. The third kappa shape index (κ3) is 3.85. The van der Waals surface area contributed by atoms with E-state index in [0.29, 0.717) is 17.7 Å². The van der Waals surface area contributed by atoms with Crippen molar-refractivity contribution < 1.29 is 9.53 Å². The highest BCUT2D eigenvalue weighted by atomic mass is 16.5. The van der Waals surface area contributed by atoms with E-state index in [1.807, 2.05) is 67.5 Å². The van der Waals surface area contributed by atoms with Gasteiger partial charge in [-0.15, -0.1) is 0 Å². The van der Waals surface area contributed by atoms with E-state index in [0.717, 1.165) is 17.9 Å². The van der Waals surface area contributed by atoms with E-state index in [1.54, 1.807) is 0 Å². The van der Waals surface area contributed by atoms with Crippen LogP contribution in [0.25, 0.3) is 0 Å². The van der Waals surface area contributed by atoms with Crippen LogP contribution in [0.4, 0.5) is 5.69 Å². The third-order valence-corrected chi connectivity index (χ3v) is 3.21. The summed E-state index contributed by atoms with van der Waals surface area (Å²) >= 11 is 0. The molecule has 0 spiro atoms. The van der Waals surface area contributed by atoms with E-state index in [1.165, 1.54) is 0 Å². The number of benzene rings is 2. The Kier molecular flexibility index (Phi) is 4.99. The van der Waals surface area contributed by atoms with Crippen LogP contribution in [0, 0.1) is 0 Å². The zero-order valence-electron chi connectivity index (χ0n) is 12.8. The number of nitrogens with zero attached hydrogens (tertiary/aromatic N) is 1. The first kappa shape index (κ1) is 15.1. The van der Waals surface area contributed by atoms with Gasteiger partial charge >= 0.3 is 0 Å². The summed E-state index contributed by atoms with van der Waals surface area (Å²) in [4.78, 5) is 14.5. The molecular weight excluding hydrogens is 262 g/mol. The maximum absolute atomic E-state index is 12.5. The van der Waals surface area contributed by atoms with Gasteiger partial charge in [-0.1, -0.05) is 19.1 Å². The van der Waals surface area contributed by atoms with E-state index in [4.69, 9.17) is 4.74 Å². The van der Waals surface area contributed by atoms with E-state index in [-0.39, 0.29) is 5.78 Å². The number of carbonyl (C=O) groups is 1. The van der Waals surface area contributed by atoms with E-state index in [2.05, 4.69) is 6.92 Å². The Morgan fingerprint density at radius 2 is 1.76 bits per heavy atom. The molecule has 0 aliphatic carbocycles. The molecule has 0 saturated carbocycles. The summed E-state index contributed by atoms with van der Waals surface area (Å²) in [6.07, 6.45) is 0.970. The lowest BCUT2D eigenvalue weighted by atomic mass is 10.0. The van der Waals surface area contributed by atoms with E-state index >= 15 is 0 Å². The molecule has 21 heavy (non-hydrogen) atoms. The second-order valence-corrected chi connectivity index (χ2v) is 5.15. The van der Waals surface area contributed by atoms with Gasteiger partial charge in [-0.05, 0) is 42.8 Å². The summed E-state index contributed by atoms with van der Waals surface area (Å²) in [7, 11) is 3.92. The van der Waals surface area contributed by atoms with Gasteiger partial charge in [0.15, 0.2) is 5.78 Å². The van der Waals surface area contributed by atoms with Crippen LogP contribution in [0.2, 0.25) is 0 Å². The standard InChI is InChI=1S/C18H21NO2/c1-4-12-21-17-10-8-14(9-11-17)18(20)15-6-5-7-16(13-15)19(2)3/h5-11,13H,4,12H2,1-3H3. The topological polar surface area (TPSA) is 29.5 Å². The summed E-state index contributed by atoms with van der Waals surface area (Å²) in [6, 6.07) is 15.0. The Morgan fingerprint density at radius 3 is 2.38 bits per heavy atom. The lowest BCUT2D eigenvalue weighted by Crippen LogP contribution is -2.10. The Balaban J connectivity index is 2.17. The fourth-order valence-corrected chi connectivity index (χ4v) is 2.01. The molecule has 110 valence electrons. The minimum atomic E-state index is 0.0285. The van der Waals surface area contributed by atoms with Crippen LogP contribution in [-0.2, 0) is 0 Å². The quantitative estimate of drug-likeness (QED) is 0.756. The second-order valence-electron chi connectivity index (χ2n) is 5.15. The van der Waals surface area contributed by atoms with Crippen molar-refractivity contribution in [1.29, 1.82) is 0 Å². The first-order valence-electron chi connectivity index (χ1n) is 7.16. The van der Waals surface area contributed by atoms with Gasteiger partial charge in [-0.25, -0.2) is 0 Å². The number of anilines is 1. The minimum Gasteiger partial charge on any atom is -0.494 e. The van der Waals surface area contributed by atoms with Crippen molar-refractivity contribution in [1.82, 2.24) is 0 Å². The van der Waals surface area contributed by atoms with Gasteiger partial charge in [0, 0.05) is 30.9 Å². The largest absolute Gasteiger partial charge is 0.494 e. The van der Waals surface area contributed by atoms with Crippen molar-refractivity contribution in [3.63, 3.8) is 0 Å². The first-order chi connectivity index (χ1) is 10.1. The molecule has 0 amide bonds. The van der Waals surface area contributed by atoms with Gasteiger partial charge in [0.25, 0.3) is 0 Å². The van der Waals surface area contributed by atoms with Crippen LogP contribution in [-0.4, -0.2) is 26.5 Å². The first-order valence-corrected chi connectivity index (χ1v) is 7.16. The monoisotopic (exact) mass is 283 g/mol. The number of ether oxygens (including phenoxy) is 1. The highest BCUT2D eigenvalue weighted by molar-refractivity contribution is 6.09. The fraction of sp³-hybridized carbons (Fsp3) is 0.278. The maximum atomic E-state index is 12.5. The number of carbonyl (C=O) groups excluding carboxylic acids is 1. The van der Waals surface area contributed by atoms with Crippen LogP contribution >= 0.6 is 0 Å². The molecule has 0 aliphatic rings. The number of hydrogen-bond acceptors (Lipinski definition) is 3. The lowest BCUT2D eigenvalue weighted by molar-refractivity contribution is 0.103. The van der Waals surface area contributed by atoms with Gasteiger partial charge in [0.2, 0.25) is 0 Å².